The summed E-state index contributed by atoms with van der Waals surface area (Å²) < 4.78 is 28.1. The molecule has 1 aliphatic rings. The zero-order valence-corrected chi connectivity index (χ0v) is 16.4. The second-order valence-electron chi connectivity index (χ2n) is 6.51. The van der Waals surface area contributed by atoms with Crippen molar-refractivity contribution in [3.05, 3.63) is 71.4 Å². The Morgan fingerprint density at radius 2 is 1.52 bits per heavy atom. The van der Waals surface area contributed by atoms with Crippen molar-refractivity contribution in [2.45, 2.75) is 31.6 Å². The van der Waals surface area contributed by atoms with Gasteiger partial charge in [0, 0.05) is 24.2 Å². The van der Waals surface area contributed by atoms with Gasteiger partial charge in [-0.05, 0) is 18.9 Å². The third kappa shape index (κ3) is 3.76. The van der Waals surface area contributed by atoms with Crippen molar-refractivity contribution in [2.75, 3.05) is 13.1 Å². The summed E-state index contributed by atoms with van der Waals surface area (Å²) in [4.78, 5) is 15.5. The van der Waals surface area contributed by atoms with E-state index in [2.05, 4.69) is 23.5 Å². The van der Waals surface area contributed by atoms with Gasteiger partial charge in [0.1, 0.15) is 5.70 Å². The van der Waals surface area contributed by atoms with E-state index in [1.54, 1.807) is 48.5 Å². The van der Waals surface area contributed by atoms with Gasteiger partial charge in [0.05, 0.1) is 10.6 Å². The number of carbonyl (C=O) groups excluding carboxylic acids is 1. The molecule has 0 amide bonds. The van der Waals surface area contributed by atoms with Gasteiger partial charge in [-0.2, -0.15) is 0 Å². The number of hydrogen-bond acceptors (Lipinski definition) is 4. The van der Waals surface area contributed by atoms with Gasteiger partial charge in [-0.1, -0.05) is 62.4 Å². The van der Waals surface area contributed by atoms with Crippen molar-refractivity contribution in [3.63, 3.8) is 0 Å². The number of rotatable bonds is 7. The van der Waals surface area contributed by atoms with Crippen LogP contribution in [0.25, 0.3) is 5.70 Å². The Morgan fingerprint density at radius 3 is 2.15 bits per heavy atom. The molecule has 0 aliphatic carbocycles. The van der Waals surface area contributed by atoms with Crippen LogP contribution in [0.15, 0.2) is 65.2 Å². The molecule has 3 rings (SSSR count). The number of hydrogen-bond donors (Lipinski definition) is 1. The first kappa shape index (κ1) is 19.2. The molecule has 0 saturated heterocycles. The van der Waals surface area contributed by atoms with E-state index in [4.69, 9.17) is 0 Å². The molecule has 6 heteroatoms. The fourth-order valence-corrected chi connectivity index (χ4v) is 4.64. The normalized spacial score (nSPS) is 15.0. The van der Waals surface area contributed by atoms with Gasteiger partial charge in [0.2, 0.25) is 5.78 Å². The molecule has 2 aromatic carbocycles. The van der Waals surface area contributed by atoms with Crippen LogP contribution in [0.5, 0.6) is 0 Å². The molecular formula is C21H24N2O3S. The zero-order chi connectivity index (χ0) is 19.4. The van der Waals surface area contributed by atoms with Crippen LogP contribution in [-0.4, -0.2) is 32.2 Å². The molecule has 0 unspecified atom stereocenters. The van der Waals surface area contributed by atoms with Crippen molar-refractivity contribution < 1.29 is 13.2 Å². The molecule has 1 N–H and O–H groups in total. The smallest absolute Gasteiger partial charge is 0.262 e. The van der Waals surface area contributed by atoms with Gasteiger partial charge in [-0.3, -0.25) is 9.52 Å². The van der Waals surface area contributed by atoms with Crippen LogP contribution in [0.4, 0.5) is 0 Å². The number of ketones is 1. The maximum atomic E-state index is 13.2. The highest BCUT2D eigenvalue weighted by Gasteiger charge is 2.34. The van der Waals surface area contributed by atoms with E-state index in [1.165, 1.54) is 0 Å². The molecule has 0 spiro atoms. The van der Waals surface area contributed by atoms with Crippen LogP contribution in [0, 0.1) is 0 Å². The summed E-state index contributed by atoms with van der Waals surface area (Å²) in [5.74, 6) is -0.319. The van der Waals surface area contributed by atoms with Gasteiger partial charge in [0.25, 0.3) is 10.0 Å². The Labute approximate surface area is 160 Å². The molecule has 5 nitrogen and oxygen atoms in total. The third-order valence-electron chi connectivity index (χ3n) is 4.47. The zero-order valence-electron chi connectivity index (χ0n) is 15.6. The first-order valence-electron chi connectivity index (χ1n) is 9.20. The van der Waals surface area contributed by atoms with Gasteiger partial charge in [-0.15, -0.1) is 0 Å². The SMILES string of the molecule is CCCN(CCC)C1=C(C(=O)c2ccccc2)NS(=O)(=O)c2ccccc21. The van der Waals surface area contributed by atoms with Crippen LogP contribution >= 0.6 is 0 Å². The predicted octanol–water partition coefficient (Wildman–Crippen LogP) is 3.65. The number of benzene rings is 2. The Kier molecular flexibility index (Phi) is 5.65. The van der Waals surface area contributed by atoms with Crippen molar-refractivity contribution in [2.24, 2.45) is 0 Å². The minimum Gasteiger partial charge on any atom is -0.369 e. The first-order chi connectivity index (χ1) is 13.0. The fraction of sp³-hybridized carbons (Fsp3) is 0.286. The summed E-state index contributed by atoms with van der Waals surface area (Å²) in [7, 11) is -3.80. The van der Waals surface area contributed by atoms with Gasteiger partial charge in [0.15, 0.2) is 0 Å². The fourth-order valence-electron chi connectivity index (χ4n) is 3.36. The summed E-state index contributed by atoms with van der Waals surface area (Å²) in [6.45, 7) is 5.62. The quantitative estimate of drug-likeness (QED) is 0.740. The topological polar surface area (TPSA) is 66.5 Å². The monoisotopic (exact) mass is 384 g/mol. The lowest BCUT2D eigenvalue weighted by molar-refractivity contribution is 0.102. The lowest BCUT2D eigenvalue weighted by Crippen LogP contribution is -2.38. The molecule has 27 heavy (non-hydrogen) atoms. The molecule has 1 heterocycles. The van der Waals surface area contributed by atoms with E-state index < -0.39 is 10.0 Å². The van der Waals surface area contributed by atoms with E-state index in [9.17, 15) is 13.2 Å². The molecule has 142 valence electrons. The average Bonchev–Trinajstić information content (AvgIpc) is 2.68. The van der Waals surface area contributed by atoms with Crippen molar-refractivity contribution in [3.8, 4) is 0 Å². The van der Waals surface area contributed by atoms with E-state index in [0.29, 0.717) is 16.8 Å². The molecule has 0 aromatic heterocycles. The number of nitrogens with zero attached hydrogens (tertiary/aromatic N) is 1. The Bertz CT molecular complexity index is 960. The second kappa shape index (κ2) is 7.96. The van der Waals surface area contributed by atoms with E-state index in [-0.39, 0.29) is 16.4 Å². The number of allylic oxidation sites excluding steroid dienone is 1. The maximum absolute atomic E-state index is 13.2. The first-order valence-corrected chi connectivity index (χ1v) is 10.7. The van der Waals surface area contributed by atoms with Crippen LogP contribution < -0.4 is 4.72 Å². The van der Waals surface area contributed by atoms with Gasteiger partial charge in [-0.25, -0.2) is 8.42 Å². The lowest BCUT2D eigenvalue weighted by atomic mass is 10.0. The number of carbonyl (C=O) groups is 1. The van der Waals surface area contributed by atoms with E-state index in [1.807, 2.05) is 6.07 Å². The molecule has 1 aliphatic heterocycles. The van der Waals surface area contributed by atoms with Crippen LogP contribution in [0.3, 0.4) is 0 Å². The molecule has 2 aromatic rings. The van der Waals surface area contributed by atoms with Crippen LogP contribution in [-0.2, 0) is 10.0 Å². The highest BCUT2D eigenvalue weighted by molar-refractivity contribution is 7.89. The molecular weight excluding hydrogens is 360 g/mol. The summed E-state index contributed by atoms with van der Waals surface area (Å²) in [6, 6.07) is 15.6. The molecule has 0 atom stereocenters. The molecule has 0 fully saturated rings. The van der Waals surface area contributed by atoms with E-state index >= 15 is 0 Å². The minimum absolute atomic E-state index is 0.127. The van der Waals surface area contributed by atoms with Gasteiger partial charge >= 0.3 is 0 Å². The standard InChI is InChI=1S/C21H24N2O3S/c1-3-14-23(15-4-2)20-17-12-8-9-13-18(17)27(25,26)22-19(20)21(24)16-10-6-5-7-11-16/h5-13,22H,3-4,14-15H2,1-2H3. The summed E-state index contributed by atoms with van der Waals surface area (Å²) in [5, 5.41) is 0. The molecule has 0 bridgehead atoms. The average molecular weight is 385 g/mol. The van der Waals surface area contributed by atoms with Crippen molar-refractivity contribution in [1.82, 2.24) is 9.62 Å². The number of nitrogens with one attached hydrogen (secondary N) is 1. The third-order valence-corrected chi connectivity index (χ3v) is 5.88. The number of sulfonamides is 1. The number of Topliss-reactive ketones (excluding diaryl/α,β-unsaturated/α-hetero) is 1. The minimum atomic E-state index is -3.80. The Morgan fingerprint density at radius 1 is 0.926 bits per heavy atom. The summed E-state index contributed by atoms with van der Waals surface area (Å²) in [5.41, 5.74) is 1.83. The summed E-state index contributed by atoms with van der Waals surface area (Å²) >= 11 is 0. The lowest BCUT2D eigenvalue weighted by Gasteiger charge is -2.33. The number of fused-ring (bicyclic) bond motifs is 1. The largest absolute Gasteiger partial charge is 0.369 e. The van der Waals surface area contributed by atoms with Crippen molar-refractivity contribution in [1.29, 1.82) is 0 Å². The van der Waals surface area contributed by atoms with E-state index in [0.717, 1.165) is 25.9 Å². The Balaban J connectivity index is 2.26. The van der Waals surface area contributed by atoms with Crippen LogP contribution in [0.1, 0.15) is 42.6 Å². The second-order valence-corrected chi connectivity index (χ2v) is 8.16. The Hall–Kier alpha value is -2.60. The highest BCUT2D eigenvalue weighted by Crippen LogP contribution is 2.34. The van der Waals surface area contributed by atoms with Gasteiger partial charge < -0.3 is 4.90 Å². The van der Waals surface area contributed by atoms with Crippen molar-refractivity contribution >= 4 is 21.5 Å². The van der Waals surface area contributed by atoms with Crippen LogP contribution in [0.2, 0.25) is 0 Å². The summed E-state index contributed by atoms with van der Waals surface area (Å²) in [6.07, 6.45) is 1.79. The molecule has 0 saturated carbocycles. The predicted molar refractivity (Wildman–Crippen MR) is 107 cm³/mol. The molecule has 0 radical (unpaired) electrons. The maximum Gasteiger partial charge on any atom is 0.262 e. The highest BCUT2D eigenvalue weighted by atomic mass is 32.2.